The number of halogens is 2. The molecule has 0 aliphatic heterocycles. The molecule has 0 bridgehead atoms. The number of hydrogen-bond donors (Lipinski definition) is 0. The van der Waals surface area contributed by atoms with Crippen molar-refractivity contribution in [1.29, 1.82) is 0 Å². The molecule has 3 aromatic rings. The van der Waals surface area contributed by atoms with E-state index in [0.717, 1.165) is 12.0 Å². The van der Waals surface area contributed by atoms with E-state index in [2.05, 4.69) is 10.1 Å². The summed E-state index contributed by atoms with van der Waals surface area (Å²) in [5, 5.41) is 4.62. The van der Waals surface area contributed by atoms with Crippen molar-refractivity contribution in [1.82, 2.24) is 15.0 Å². The van der Waals surface area contributed by atoms with Crippen LogP contribution in [0.5, 0.6) is 0 Å². The van der Waals surface area contributed by atoms with Gasteiger partial charge in [0.05, 0.1) is 0 Å². The Morgan fingerprint density at radius 1 is 1.25 bits per heavy atom. The van der Waals surface area contributed by atoms with Gasteiger partial charge in [-0.25, -0.2) is 4.39 Å². The average molecular weight is 402 g/mol. The number of rotatable bonds is 7. The predicted octanol–water partition coefficient (Wildman–Crippen LogP) is 5.01. The van der Waals surface area contributed by atoms with Crippen LogP contribution in [0.3, 0.4) is 0 Å². The minimum atomic E-state index is -0.431. The van der Waals surface area contributed by atoms with Crippen LogP contribution in [-0.2, 0) is 6.42 Å². The van der Waals surface area contributed by atoms with E-state index >= 15 is 0 Å². The molecule has 0 saturated carbocycles. The van der Waals surface area contributed by atoms with Gasteiger partial charge in [0, 0.05) is 35.2 Å². The summed E-state index contributed by atoms with van der Waals surface area (Å²) in [6, 6.07) is 12.9. The molecular weight excluding hydrogens is 381 g/mol. The van der Waals surface area contributed by atoms with E-state index in [1.54, 1.807) is 23.1 Å². The molecule has 0 N–H and O–H groups in total. The first kappa shape index (κ1) is 20.0. The van der Waals surface area contributed by atoms with Gasteiger partial charge in [-0.15, -0.1) is 0 Å². The topological polar surface area (TPSA) is 59.2 Å². The van der Waals surface area contributed by atoms with Crippen molar-refractivity contribution in [2.24, 2.45) is 0 Å². The van der Waals surface area contributed by atoms with Crippen molar-refractivity contribution < 1.29 is 13.7 Å². The summed E-state index contributed by atoms with van der Waals surface area (Å²) in [5.41, 5.74) is 1.13. The number of hydrogen-bond acceptors (Lipinski definition) is 4. The van der Waals surface area contributed by atoms with E-state index in [-0.39, 0.29) is 11.9 Å². The summed E-state index contributed by atoms with van der Waals surface area (Å²) >= 11 is 5.90. The summed E-state index contributed by atoms with van der Waals surface area (Å²) in [4.78, 5) is 19.0. The maximum absolute atomic E-state index is 13.5. The Morgan fingerprint density at radius 2 is 2.00 bits per heavy atom. The summed E-state index contributed by atoms with van der Waals surface area (Å²) < 4.78 is 18.8. The Labute approximate surface area is 168 Å². The normalized spacial score (nSPS) is 12.0. The molecule has 0 spiro atoms. The van der Waals surface area contributed by atoms with Crippen LogP contribution >= 0.6 is 11.6 Å². The first-order chi connectivity index (χ1) is 13.5. The van der Waals surface area contributed by atoms with Crippen LogP contribution in [0.25, 0.3) is 11.4 Å². The van der Waals surface area contributed by atoms with Gasteiger partial charge >= 0.3 is 0 Å². The van der Waals surface area contributed by atoms with Crippen molar-refractivity contribution in [3.05, 3.63) is 70.8 Å². The van der Waals surface area contributed by atoms with Crippen molar-refractivity contribution in [2.45, 2.75) is 32.7 Å². The Balaban J connectivity index is 1.72. The van der Waals surface area contributed by atoms with Crippen LogP contribution < -0.4 is 0 Å². The van der Waals surface area contributed by atoms with Gasteiger partial charge in [0.2, 0.25) is 11.7 Å². The van der Waals surface area contributed by atoms with Gasteiger partial charge in [0.1, 0.15) is 5.82 Å². The van der Waals surface area contributed by atoms with Crippen molar-refractivity contribution in [3.8, 4) is 11.4 Å². The highest BCUT2D eigenvalue weighted by atomic mass is 35.5. The van der Waals surface area contributed by atoms with Crippen molar-refractivity contribution in [3.63, 3.8) is 0 Å². The molecule has 0 saturated heterocycles. The molecule has 5 nitrogen and oxygen atoms in total. The highest BCUT2D eigenvalue weighted by Crippen LogP contribution is 2.19. The zero-order valence-corrected chi connectivity index (χ0v) is 16.5. The molecule has 1 heterocycles. The number of nitrogens with zero attached hydrogens (tertiary/aromatic N) is 3. The molecule has 7 heteroatoms. The molecule has 3 rings (SSSR count). The van der Waals surface area contributed by atoms with Crippen LogP contribution in [-0.4, -0.2) is 33.5 Å². The second-order valence-electron chi connectivity index (χ2n) is 6.53. The maximum Gasteiger partial charge on any atom is 0.254 e. The maximum atomic E-state index is 13.5. The number of carbonyl (C=O) groups excluding carboxylic acids is 1. The predicted molar refractivity (Wildman–Crippen MR) is 106 cm³/mol. The molecule has 0 aliphatic rings. The number of benzene rings is 2. The van der Waals surface area contributed by atoms with Crippen molar-refractivity contribution in [2.75, 3.05) is 6.54 Å². The fraction of sp³-hybridized carbons (Fsp3) is 0.286. The fourth-order valence-electron chi connectivity index (χ4n) is 2.82. The lowest BCUT2D eigenvalue weighted by molar-refractivity contribution is 0.0686. The quantitative estimate of drug-likeness (QED) is 0.558. The largest absolute Gasteiger partial charge is 0.339 e. The highest BCUT2D eigenvalue weighted by molar-refractivity contribution is 6.30. The van der Waals surface area contributed by atoms with E-state index in [0.29, 0.717) is 35.3 Å². The monoisotopic (exact) mass is 401 g/mol. The Morgan fingerprint density at radius 3 is 2.68 bits per heavy atom. The van der Waals surface area contributed by atoms with Gasteiger partial charge in [-0.05, 0) is 55.8 Å². The second-order valence-corrected chi connectivity index (χ2v) is 6.97. The average Bonchev–Trinajstić information content (AvgIpc) is 3.17. The Hall–Kier alpha value is -2.73. The second kappa shape index (κ2) is 8.97. The molecular formula is C21H21ClFN3O2. The minimum absolute atomic E-state index is 0.00516. The molecule has 2 aromatic carbocycles. The van der Waals surface area contributed by atoms with Crippen LogP contribution in [0, 0.1) is 5.82 Å². The Bertz CT molecular complexity index is 943. The number of amides is 1. The third-order valence-corrected chi connectivity index (χ3v) is 4.84. The lowest BCUT2D eigenvalue weighted by atomic mass is 10.1. The summed E-state index contributed by atoms with van der Waals surface area (Å²) in [7, 11) is 0. The zero-order valence-electron chi connectivity index (χ0n) is 15.7. The molecule has 1 atom stereocenters. The summed E-state index contributed by atoms with van der Waals surface area (Å²) in [5.74, 6) is 0.259. The standard InChI is InChI=1S/C21H21ClFN3O2/c1-3-14(2)26(21(27)16-5-4-6-18(23)13-16)12-11-19-24-20(25-28-19)15-7-9-17(22)10-8-15/h4-10,13-14H,3,11-12H2,1-2H3/t14-/m1/s1. The van der Waals surface area contributed by atoms with E-state index in [9.17, 15) is 9.18 Å². The molecule has 28 heavy (non-hydrogen) atoms. The summed E-state index contributed by atoms with van der Waals surface area (Å²) in [6.45, 7) is 4.36. The lowest BCUT2D eigenvalue weighted by Crippen LogP contribution is -2.39. The number of aromatic nitrogens is 2. The van der Waals surface area contributed by atoms with Gasteiger partial charge in [-0.1, -0.05) is 29.7 Å². The minimum Gasteiger partial charge on any atom is -0.339 e. The molecule has 146 valence electrons. The zero-order chi connectivity index (χ0) is 20.1. The van der Waals surface area contributed by atoms with E-state index in [1.807, 2.05) is 26.0 Å². The van der Waals surface area contributed by atoms with Crippen LogP contribution in [0.4, 0.5) is 4.39 Å². The number of carbonyl (C=O) groups is 1. The highest BCUT2D eigenvalue weighted by Gasteiger charge is 2.22. The molecule has 0 fully saturated rings. The van der Waals surface area contributed by atoms with Gasteiger partial charge in [0.15, 0.2) is 0 Å². The molecule has 0 aliphatic carbocycles. The van der Waals surface area contributed by atoms with Crippen LogP contribution in [0.15, 0.2) is 53.1 Å². The van der Waals surface area contributed by atoms with Gasteiger partial charge in [-0.3, -0.25) is 4.79 Å². The molecule has 0 unspecified atom stereocenters. The van der Waals surface area contributed by atoms with E-state index < -0.39 is 5.82 Å². The Kier molecular flexibility index (Phi) is 6.41. The van der Waals surface area contributed by atoms with Gasteiger partial charge in [-0.2, -0.15) is 4.98 Å². The molecule has 1 amide bonds. The first-order valence-electron chi connectivity index (χ1n) is 9.13. The summed E-state index contributed by atoms with van der Waals surface area (Å²) in [6.07, 6.45) is 1.19. The van der Waals surface area contributed by atoms with Crippen LogP contribution in [0.1, 0.15) is 36.5 Å². The third-order valence-electron chi connectivity index (χ3n) is 4.59. The third kappa shape index (κ3) is 4.75. The molecule has 0 radical (unpaired) electrons. The fourth-order valence-corrected chi connectivity index (χ4v) is 2.94. The van der Waals surface area contributed by atoms with E-state index in [1.165, 1.54) is 18.2 Å². The van der Waals surface area contributed by atoms with Gasteiger partial charge in [0.25, 0.3) is 5.91 Å². The van der Waals surface area contributed by atoms with E-state index in [4.69, 9.17) is 16.1 Å². The van der Waals surface area contributed by atoms with Gasteiger partial charge < -0.3 is 9.42 Å². The van der Waals surface area contributed by atoms with Crippen LogP contribution in [0.2, 0.25) is 5.02 Å². The van der Waals surface area contributed by atoms with Crippen molar-refractivity contribution >= 4 is 17.5 Å². The SMILES string of the molecule is CC[C@@H](C)N(CCc1nc(-c2ccc(Cl)cc2)no1)C(=O)c1cccc(F)c1. The first-order valence-corrected chi connectivity index (χ1v) is 9.50. The smallest absolute Gasteiger partial charge is 0.254 e. The lowest BCUT2D eigenvalue weighted by Gasteiger charge is -2.28. The molecule has 1 aromatic heterocycles.